The molecule has 3 atom stereocenters. The minimum atomic E-state index is 0.215. The Hall–Kier alpha value is -1.91. The lowest BCUT2D eigenvalue weighted by Crippen LogP contribution is -2.39. The van der Waals surface area contributed by atoms with Gasteiger partial charge in [0.1, 0.15) is 11.4 Å². The lowest BCUT2D eigenvalue weighted by molar-refractivity contribution is -0.722. The summed E-state index contributed by atoms with van der Waals surface area (Å²) in [6.07, 6.45) is 17.0. The summed E-state index contributed by atoms with van der Waals surface area (Å²) < 4.78 is 2.23. The zero-order valence-electron chi connectivity index (χ0n) is 12.1. The molecule has 0 saturated carbocycles. The Bertz CT molecular complexity index is 521. The van der Waals surface area contributed by atoms with Crippen LogP contribution < -0.4 is 4.57 Å². The second kappa shape index (κ2) is 5.47. The second-order valence-electron chi connectivity index (χ2n) is 5.91. The van der Waals surface area contributed by atoms with E-state index in [9.17, 15) is 0 Å². The fraction of sp³-hybridized carbons (Fsp3) is 0.562. The van der Waals surface area contributed by atoms with Crippen molar-refractivity contribution in [1.29, 1.82) is 0 Å². The van der Waals surface area contributed by atoms with E-state index in [1.54, 1.807) is 0 Å². The van der Waals surface area contributed by atoms with E-state index in [-0.39, 0.29) is 18.2 Å². The number of aromatic nitrogens is 2. The number of nitrogens with zero attached hydrogens (tertiary/aromatic N) is 5. The molecule has 0 aromatic carbocycles. The van der Waals surface area contributed by atoms with Gasteiger partial charge in [-0.1, -0.05) is 0 Å². The maximum Gasteiger partial charge on any atom is 0.250 e. The van der Waals surface area contributed by atoms with Crippen molar-refractivity contribution < 1.29 is 4.57 Å². The molecule has 21 heavy (non-hydrogen) atoms. The third kappa shape index (κ3) is 2.52. The highest BCUT2D eigenvalue weighted by Crippen LogP contribution is 2.29. The topological polar surface area (TPSA) is 53.8 Å². The van der Waals surface area contributed by atoms with E-state index in [1.165, 1.54) is 0 Å². The van der Waals surface area contributed by atoms with Gasteiger partial charge in [-0.25, -0.2) is 9.98 Å². The highest BCUT2D eigenvalue weighted by molar-refractivity contribution is 5.61. The predicted octanol–water partition coefficient (Wildman–Crippen LogP) is 2.54. The Kier molecular flexibility index (Phi) is 3.33. The van der Waals surface area contributed by atoms with Gasteiger partial charge in [0.2, 0.25) is 0 Å². The molecule has 3 unspecified atom stereocenters. The van der Waals surface area contributed by atoms with Crippen molar-refractivity contribution in [2.75, 3.05) is 0 Å². The summed E-state index contributed by atoms with van der Waals surface area (Å²) in [5.41, 5.74) is 2.15. The van der Waals surface area contributed by atoms with Crippen molar-refractivity contribution >= 4 is 18.6 Å². The summed E-state index contributed by atoms with van der Waals surface area (Å²) in [6, 6.07) is 0.430. The molecular weight excluding hydrogens is 262 g/mol. The molecule has 4 heterocycles. The first-order valence-electron chi connectivity index (χ1n) is 7.88. The zero-order chi connectivity index (χ0) is 14.1. The fourth-order valence-electron chi connectivity index (χ4n) is 3.23. The van der Waals surface area contributed by atoms with Gasteiger partial charge in [-0.05, 0) is 44.5 Å². The van der Waals surface area contributed by atoms with Crippen LogP contribution >= 0.6 is 0 Å². The maximum atomic E-state index is 4.87. The summed E-state index contributed by atoms with van der Waals surface area (Å²) in [5, 5.41) is 0. The summed E-state index contributed by atoms with van der Waals surface area (Å²) in [5.74, 6) is 0. The molecule has 0 fully saturated rings. The number of aliphatic imine (C=N–C) groups is 3. The van der Waals surface area contributed by atoms with Gasteiger partial charge in [0, 0.05) is 12.6 Å². The van der Waals surface area contributed by atoms with Crippen LogP contribution in [0, 0.1) is 0 Å². The van der Waals surface area contributed by atoms with E-state index in [1.807, 2.05) is 18.6 Å². The molecule has 0 amide bonds. The minimum absolute atomic E-state index is 0.215. The Labute approximate surface area is 124 Å². The fourth-order valence-corrected chi connectivity index (χ4v) is 3.23. The molecule has 5 nitrogen and oxygen atoms in total. The van der Waals surface area contributed by atoms with Crippen LogP contribution in [0.4, 0.5) is 0 Å². The number of hydrogen-bond donors (Lipinski definition) is 0. The van der Waals surface area contributed by atoms with Gasteiger partial charge in [-0.15, -0.1) is 0 Å². The van der Waals surface area contributed by atoms with E-state index in [2.05, 4.69) is 31.9 Å². The Morgan fingerprint density at radius 3 is 1.81 bits per heavy atom. The van der Waals surface area contributed by atoms with E-state index >= 15 is 0 Å². The van der Waals surface area contributed by atoms with Crippen LogP contribution in [0.3, 0.4) is 0 Å². The predicted molar refractivity (Wildman–Crippen MR) is 82.1 cm³/mol. The molecule has 108 valence electrons. The monoisotopic (exact) mass is 282 g/mol. The average Bonchev–Trinajstić information content (AvgIpc) is 3.29. The van der Waals surface area contributed by atoms with Crippen LogP contribution in [0.5, 0.6) is 0 Å². The standard InChI is InChI=1S/C16H20N5/c1-4-12(17-7-1)14-10-21(16-6-3-9-19-16)11-15(20-14)13-5-2-8-18-13/h7-13,16H,1-6H2/q+1. The highest BCUT2D eigenvalue weighted by Gasteiger charge is 2.28. The van der Waals surface area contributed by atoms with Crippen LogP contribution in [0.25, 0.3) is 0 Å². The molecule has 0 aliphatic carbocycles. The van der Waals surface area contributed by atoms with E-state index < -0.39 is 0 Å². The van der Waals surface area contributed by atoms with E-state index in [4.69, 9.17) is 4.98 Å². The lowest BCUT2D eigenvalue weighted by Gasteiger charge is -2.12. The van der Waals surface area contributed by atoms with Gasteiger partial charge in [-0.3, -0.25) is 9.98 Å². The summed E-state index contributed by atoms with van der Waals surface area (Å²) >= 11 is 0. The number of rotatable bonds is 3. The van der Waals surface area contributed by atoms with E-state index in [0.717, 1.165) is 49.9 Å². The van der Waals surface area contributed by atoms with Crippen molar-refractivity contribution in [3.8, 4) is 0 Å². The third-order valence-electron chi connectivity index (χ3n) is 4.39. The van der Waals surface area contributed by atoms with Gasteiger partial charge in [0.15, 0.2) is 12.4 Å². The van der Waals surface area contributed by atoms with Gasteiger partial charge >= 0.3 is 0 Å². The minimum Gasteiger partial charge on any atom is -0.288 e. The van der Waals surface area contributed by atoms with Gasteiger partial charge in [-0.2, -0.15) is 4.57 Å². The summed E-state index contributed by atoms with van der Waals surface area (Å²) in [6.45, 7) is 0. The normalized spacial score (nSPS) is 30.6. The zero-order valence-corrected chi connectivity index (χ0v) is 12.1. The van der Waals surface area contributed by atoms with Crippen molar-refractivity contribution in [1.82, 2.24) is 4.98 Å². The first-order valence-corrected chi connectivity index (χ1v) is 7.88. The summed E-state index contributed by atoms with van der Waals surface area (Å²) in [4.78, 5) is 18.6. The quantitative estimate of drug-likeness (QED) is 0.786. The highest BCUT2D eigenvalue weighted by atomic mass is 15.1. The SMILES string of the molecule is C1=NC(c2c[n+](C3CCC=N3)cc(C3CCC=N3)n2)CC1. The molecule has 4 rings (SSSR count). The summed E-state index contributed by atoms with van der Waals surface area (Å²) in [7, 11) is 0. The van der Waals surface area contributed by atoms with Crippen LogP contribution in [0.2, 0.25) is 0 Å². The molecule has 1 aromatic rings. The van der Waals surface area contributed by atoms with Gasteiger partial charge in [0.25, 0.3) is 6.17 Å². The third-order valence-corrected chi connectivity index (χ3v) is 4.39. The molecular formula is C16H20N5+. The molecule has 0 saturated heterocycles. The van der Waals surface area contributed by atoms with Crippen molar-refractivity contribution in [2.24, 2.45) is 15.0 Å². The van der Waals surface area contributed by atoms with Crippen LogP contribution in [0.1, 0.15) is 68.2 Å². The van der Waals surface area contributed by atoms with Gasteiger partial charge in [0.05, 0.1) is 12.1 Å². The molecule has 0 N–H and O–H groups in total. The molecule has 5 heteroatoms. The van der Waals surface area contributed by atoms with Crippen LogP contribution in [-0.2, 0) is 0 Å². The molecule has 0 radical (unpaired) electrons. The van der Waals surface area contributed by atoms with Crippen LogP contribution in [0.15, 0.2) is 27.4 Å². The average molecular weight is 282 g/mol. The van der Waals surface area contributed by atoms with Crippen molar-refractivity contribution in [3.05, 3.63) is 23.8 Å². The molecule has 0 bridgehead atoms. The smallest absolute Gasteiger partial charge is 0.250 e. The van der Waals surface area contributed by atoms with E-state index in [0.29, 0.717) is 0 Å². The second-order valence-corrected chi connectivity index (χ2v) is 5.91. The largest absolute Gasteiger partial charge is 0.288 e. The van der Waals surface area contributed by atoms with Gasteiger partial charge < -0.3 is 0 Å². The van der Waals surface area contributed by atoms with Crippen molar-refractivity contribution in [3.63, 3.8) is 0 Å². The Morgan fingerprint density at radius 1 is 0.762 bits per heavy atom. The molecule has 3 aliphatic rings. The molecule has 1 aromatic heterocycles. The lowest BCUT2D eigenvalue weighted by atomic mass is 10.1. The Balaban J connectivity index is 1.73. The van der Waals surface area contributed by atoms with Crippen molar-refractivity contribution in [2.45, 2.75) is 56.8 Å². The Morgan fingerprint density at radius 2 is 1.33 bits per heavy atom. The maximum absolute atomic E-state index is 4.87. The first-order chi connectivity index (χ1) is 10.4. The number of hydrogen-bond acceptors (Lipinski definition) is 4. The van der Waals surface area contributed by atoms with Crippen LogP contribution in [-0.4, -0.2) is 23.6 Å². The molecule has 3 aliphatic heterocycles. The first kappa shape index (κ1) is 12.8. The molecule has 0 spiro atoms.